The summed E-state index contributed by atoms with van der Waals surface area (Å²) in [6.07, 6.45) is 7.47. The third-order valence-corrected chi connectivity index (χ3v) is 7.61. The Kier molecular flexibility index (Phi) is 9.60. The third kappa shape index (κ3) is 6.28. The molecular weight excluding hydrogens is 492 g/mol. The van der Waals surface area contributed by atoms with Crippen molar-refractivity contribution >= 4 is 11.9 Å². The maximum Gasteiger partial charge on any atom is 0.308 e. The molecule has 1 fully saturated rings. The Morgan fingerprint density at radius 2 is 1.79 bits per heavy atom. The zero-order valence-corrected chi connectivity index (χ0v) is 22.6. The number of likely N-dealkylation sites (tertiary alicyclic amines) is 1. The SMILES string of the molecule is CCCCN(CCCC)C(=O)CN1C[C@H](c2cc(OC)c3c(c2)OCO3)[C@H](C(=O)O)[C@H]1CCC1OC=CO1. The smallest absolute Gasteiger partial charge is 0.308 e. The largest absolute Gasteiger partial charge is 0.493 e. The van der Waals surface area contributed by atoms with Crippen LogP contribution in [-0.2, 0) is 19.1 Å². The van der Waals surface area contributed by atoms with E-state index >= 15 is 0 Å². The van der Waals surface area contributed by atoms with Gasteiger partial charge in [0.15, 0.2) is 11.5 Å². The number of nitrogens with zero attached hydrogens (tertiary/aromatic N) is 2. The van der Waals surface area contributed by atoms with Crippen molar-refractivity contribution in [1.82, 2.24) is 9.80 Å². The first kappa shape index (κ1) is 27.9. The van der Waals surface area contributed by atoms with Gasteiger partial charge in [-0.2, -0.15) is 0 Å². The first-order chi connectivity index (χ1) is 18.5. The van der Waals surface area contributed by atoms with Crippen molar-refractivity contribution in [2.75, 3.05) is 40.1 Å². The topological polar surface area (TPSA) is 107 Å². The van der Waals surface area contributed by atoms with Gasteiger partial charge < -0.3 is 33.7 Å². The van der Waals surface area contributed by atoms with Crippen molar-refractivity contribution in [1.29, 1.82) is 0 Å². The van der Waals surface area contributed by atoms with Gasteiger partial charge in [-0.05, 0) is 37.0 Å². The van der Waals surface area contributed by atoms with E-state index in [1.807, 2.05) is 21.9 Å². The van der Waals surface area contributed by atoms with Gasteiger partial charge in [0.25, 0.3) is 0 Å². The van der Waals surface area contributed by atoms with Crippen LogP contribution >= 0.6 is 0 Å². The van der Waals surface area contributed by atoms with E-state index in [0.717, 1.165) is 31.2 Å². The number of rotatable bonds is 14. The number of carboxylic acids is 1. The average Bonchev–Trinajstić information content (AvgIpc) is 3.67. The van der Waals surface area contributed by atoms with Crippen LogP contribution in [0.5, 0.6) is 17.2 Å². The van der Waals surface area contributed by atoms with Crippen molar-refractivity contribution < 1.29 is 38.4 Å². The van der Waals surface area contributed by atoms with E-state index in [0.29, 0.717) is 49.7 Å². The fourth-order valence-corrected chi connectivity index (χ4v) is 5.60. The van der Waals surface area contributed by atoms with Crippen LogP contribution in [0.4, 0.5) is 0 Å². The van der Waals surface area contributed by atoms with E-state index in [2.05, 4.69) is 13.8 Å². The summed E-state index contributed by atoms with van der Waals surface area (Å²) in [6, 6.07) is 3.30. The maximum atomic E-state index is 13.5. The first-order valence-corrected chi connectivity index (χ1v) is 13.6. The number of carbonyl (C=O) groups excluding carboxylic acids is 1. The molecule has 210 valence electrons. The van der Waals surface area contributed by atoms with Gasteiger partial charge >= 0.3 is 5.97 Å². The Morgan fingerprint density at radius 3 is 2.42 bits per heavy atom. The van der Waals surface area contributed by atoms with Crippen LogP contribution in [0.3, 0.4) is 0 Å². The van der Waals surface area contributed by atoms with Crippen LogP contribution in [0.2, 0.25) is 0 Å². The molecule has 0 spiro atoms. The highest BCUT2D eigenvalue weighted by molar-refractivity contribution is 5.79. The number of benzene rings is 1. The molecule has 0 unspecified atom stereocenters. The fraction of sp³-hybridized carbons (Fsp3) is 0.643. The summed E-state index contributed by atoms with van der Waals surface area (Å²) in [5, 5.41) is 10.4. The Morgan fingerprint density at radius 1 is 1.08 bits per heavy atom. The number of amides is 1. The van der Waals surface area contributed by atoms with E-state index in [-0.39, 0.29) is 31.2 Å². The van der Waals surface area contributed by atoms with E-state index in [1.165, 1.54) is 12.5 Å². The molecule has 3 heterocycles. The Bertz CT molecular complexity index is 983. The predicted octanol–water partition coefficient (Wildman–Crippen LogP) is 3.95. The van der Waals surface area contributed by atoms with E-state index < -0.39 is 18.2 Å². The monoisotopic (exact) mass is 532 g/mol. The molecule has 38 heavy (non-hydrogen) atoms. The summed E-state index contributed by atoms with van der Waals surface area (Å²) in [7, 11) is 1.55. The zero-order chi connectivity index (χ0) is 27.1. The minimum absolute atomic E-state index is 0.0417. The maximum absolute atomic E-state index is 13.5. The molecule has 0 aliphatic carbocycles. The molecule has 3 aliphatic heterocycles. The summed E-state index contributed by atoms with van der Waals surface area (Å²) in [5.41, 5.74) is 0.794. The minimum Gasteiger partial charge on any atom is -0.493 e. The molecule has 1 saturated heterocycles. The normalized spacial score (nSPS) is 22.3. The standard InChI is InChI=1S/C28H40N2O8/c1-4-6-10-29(11-7-5-2)24(31)17-30-16-20(19-14-22(34-3)27-23(15-19)37-18-38-27)26(28(32)33)21(30)8-9-25-35-12-13-36-25/h12-15,20-21,25-26H,4-11,16-18H2,1-3H3,(H,32,33)/t20-,21-,26+/m1/s1. The number of hydrogen-bond acceptors (Lipinski definition) is 8. The van der Waals surface area contributed by atoms with Crippen LogP contribution in [0.1, 0.15) is 63.9 Å². The molecule has 3 atom stereocenters. The highest BCUT2D eigenvalue weighted by Crippen LogP contribution is 2.47. The molecule has 0 radical (unpaired) electrons. The number of carboxylic acid groups (broad SMARTS) is 1. The van der Waals surface area contributed by atoms with Crippen molar-refractivity contribution in [3.05, 3.63) is 30.2 Å². The molecular formula is C28H40N2O8. The van der Waals surface area contributed by atoms with Gasteiger partial charge in [0.05, 0.1) is 19.6 Å². The number of unbranched alkanes of at least 4 members (excludes halogenated alkanes) is 2. The van der Waals surface area contributed by atoms with Gasteiger partial charge in [-0.1, -0.05) is 26.7 Å². The number of ether oxygens (including phenoxy) is 5. The zero-order valence-electron chi connectivity index (χ0n) is 22.6. The summed E-state index contributed by atoms with van der Waals surface area (Å²) in [6.45, 7) is 6.35. The summed E-state index contributed by atoms with van der Waals surface area (Å²) >= 11 is 0. The lowest BCUT2D eigenvalue weighted by Crippen LogP contribution is -2.45. The molecule has 4 rings (SSSR count). The number of carbonyl (C=O) groups is 2. The lowest BCUT2D eigenvalue weighted by atomic mass is 9.83. The van der Waals surface area contributed by atoms with Gasteiger partial charge in [-0.15, -0.1) is 0 Å². The van der Waals surface area contributed by atoms with Crippen LogP contribution in [0, 0.1) is 5.92 Å². The van der Waals surface area contributed by atoms with Gasteiger partial charge in [-0.3, -0.25) is 14.5 Å². The first-order valence-electron chi connectivity index (χ1n) is 13.6. The molecule has 1 N–H and O–H groups in total. The molecule has 1 amide bonds. The molecule has 3 aliphatic rings. The second kappa shape index (κ2) is 13.1. The number of aliphatic carboxylic acids is 1. The Balaban J connectivity index is 1.60. The molecule has 10 heteroatoms. The fourth-order valence-electron chi connectivity index (χ4n) is 5.60. The van der Waals surface area contributed by atoms with E-state index in [4.69, 9.17) is 23.7 Å². The number of fused-ring (bicyclic) bond motifs is 1. The predicted molar refractivity (Wildman–Crippen MR) is 139 cm³/mol. The lowest BCUT2D eigenvalue weighted by Gasteiger charge is -2.30. The molecule has 0 aromatic heterocycles. The third-order valence-electron chi connectivity index (χ3n) is 7.61. The molecule has 1 aromatic rings. The highest BCUT2D eigenvalue weighted by Gasteiger charge is 2.48. The van der Waals surface area contributed by atoms with Crippen LogP contribution in [-0.4, -0.2) is 79.2 Å². The van der Waals surface area contributed by atoms with Crippen molar-refractivity contribution in [3.63, 3.8) is 0 Å². The van der Waals surface area contributed by atoms with Crippen LogP contribution < -0.4 is 14.2 Å². The van der Waals surface area contributed by atoms with E-state index in [1.54, 1.807) is 7.11 Å². The summed E-state index contributed by atoms with van der Waals surface area (Å²) in [4.78, 5) is 30.2. The molecule has 10 nitrogen and oxygen atoms in total. The van der Waals surface area contributed by atoms with Gasteiger partial charge in [-0.25, -0.2) is 0 Å². The second-order valence-corrected chi connectivity index (χ2v) is 10.1. The van der Waals surface area contributed by atoms with Crippen LogP contribution in [0.25, 0.3) is 0 Å². The van der Waals surface area contributed by atoms with Gasteiger partial charge in [0, 0.05) is 38.0 Å². The number of methoxy groups -OCH3 is 1. The molecule has 0 saturated carbocycles. The number of hydrogen-bond donors (Lipinski definition) is 1. The Hall–Kier alpha value is -3.14. The highest BCUT2D eigenvalue weighted by atomic mass is 16.7. The molecule has 1 aromatic carbocycles. The second-order valence-electron chi connectivity index (χ2n) is 10.1. The van der Waals surface area contributed by atoms with Crippen molar-refractivity contribution in [2.45, 2.75) is 70.6 Å². The summed E-state index contributed by atoms with van der Waals surface area (Å²) < 4.78 is 27.6. The van der Waals surface area contributed by atoms with Gasteiger partial charge in [0.1, 0.15) is 12.5 Å². The molecule has 0 bridgehead atoms. The average molecular weight is 533 g/mol. The van der Waals surface area contributed by atoms with E-state index in [9.17, 15) is 14.7 Å². The summed E-state index contributed by atoms with van der Waals surface area (Å²) in [5.74, 6) is -0.381. The Labute approximate surface area is 224 Å². The van der Waals surface area contributed by atoms with Gasteiger partial charge in [0.2, 0.25) is 24.7 Å². The van der Waals surface area contributed by atoms with Crippen molar-refractivity contribution in [2.24, 2.45) is 5.92 Å². The van der Waals surface area contributed by atoms with Crippen LogP contribution in [0.15, 0.2) is 24.7 Å². The van der Waals surface area contributed by atoms with Crippen molar-refractivity contribution in [3.8, 4) is 17.2 Å². The minimum atomic E-state index is -0.896. The quantitative estimate of drug-likeness (QED) is 0.381. The lowest BCUT2D eigenvalue weighted by molar-refractivity contribution is -0.144.